The van der Waals surface area contributed by atoms with Gasteiger partial charge in [-0.05, 0) is 30.2 Å². The molecule has 0 unspecified atom stereocenters. The van der Waals surface area contributed by atoms with Crippen LogP contribution >= 0.6 is 12.4 Å². The number of benzene rings is 1. The Hall–Kier alpha value is -1.13. The van der Waals surface area contributed by atoms with Gasteiger partial charge in [0.2, 0.25) is 0 Å². The third-order valence-electron chi connectivity index (χ3n) is 1.83. The SMILES string of the molecule is Cc1cc(F)ccc1[C@H](N)C(=O)O.Cl. The Bertz CT molecular complexity index is 344. The largest absolute Gasteiger partial charge is 0.480 e. The molecule has 1 aromatic rings. The lowest BCUT2D eigenvalue weighted by Crippen LogP contribution is -2.21. The number of halogens is 2. The van der Waals surface area contributed by atoms with Crippen molar-refractivity contribution in [2.75, 3.05) is 0 Å². The molecule has 78 valence electrons. The number of aryl methyl sites for hydroxylation is 1. The molecule has 0 heterocycles. The molecule has 3 N–H and O–H groups in total. The first kappa shape index (κ1) is 12.9. The van der Waals surface area contributed by atoms with Gasteiger partial charge >= 0.3 is 5.97 Å². The second kappa shape index (κ2) is 4.93. The summed E-state index contributed by atoms with van der Waals surface area (Å²) in [6, 6.07) is 2.77. The Balaban J connectivity index is 0.00000169. The van der Waals surface area contributed by atoms with Crippen LogP contribution in [0.15, 0.2) is 18.2 Å². The van der Waals surface area contributed by atoms with E-state index in [9.17, 15) is 9.18 Å². The molecule has 14 heavy (non-hydrogen) atoms. The third-order valence-corrected chi connectivity index (χ3v) is 1.83. The quantitative estimate of drug-likeness (QED) is 0.795. The second-order valence-corrected chi connectivity index (χ2v) is 2.82. The summed E-state index contributed by atoms with van der Waals surface area (Å²) in [4.78, 5) is 10.5. The van der Waals surface area contributed by atoms with Crippen LogP contribution in [0.2, 0.25) is 0 Å². The molecule has 0 amide bonds. The highest BCUT2D eigenvalue weighted by Gasteiger charge is 2.16. The van der Waals surface area contributed by atoms with Crippen LogP contribution in [0.25, 0.3) is 0 Å². The highest BCUT2D eigenvalue weighted by Crippen LogP contribution is 2.16. The summed E-state index contributed by atoms with van der Waals surface area (Å²) in [7, 11) is 0. The van der Waals surface area contributed by atoms with Gasteiger partial charge in [-0.15, -0.1) is 12.4 Å². The first-order valence-corrected chi connectivity index (χ1v) is 3.77. The number of hydrogen-bond acceptors (Lipinski definition) is 2. The van der Waals surface area contributed by atoms with E-state index < -0.39 is 12.0 Å². The van der Waals surface area contributed by atoms with Crippen molar-refractivity contribution in [3.8, 4) is 0 Å². The lowest BCUT2D eigenvalue weighted by Gasteiger charge is -2.09. The number of aliphatic carboxylic acids is 1. The fourth-order valence-corrected chi connectivity index (χ4v) is 1.12. The molecule has 5 heteroatoms. The molecule has 0 aliphatic carbocycles. The zero-order valence-corrected chi connectivity index (χ0v) is 8.34. The summed E-state index contributed by atoms with van der Waals surface area (Å²) in [5, 5.41) is 8.61. The highest BCUT2D eigenvalue weighted by atomic mass is 35.5. The maximum absolute atomic E-state index is 12.6. The molecule has 1 rings (SSSR count). The van der Waals surface area contributed by atoms with Gasteiger partial charge in [-0.3, -0.25) is 4.79 Å². The van der Waals surface area contributed by atoms with Gasteiger partial charge in [0.25, 0.3) is 0 Å². The highest BCUT2D eigenvalue weighted by molar-refractivity contribution is 5.85. The van der Waals surface area contributed by atoms with E-state index in [1.54, 1.807) is 6.92 Å². The van der Waals surface area contributed by atoms with Crippen molar-refractivity contribution in [1.29, 1.82) is 0 Å². The molecule has 0 fully saturated rings. The topological polar surface area (TPSA) is 63.3 Å². The molecule has 0 aliphatic heterocycles. The average molecular weight is 220 g/mol. The van der Waals surface area contributed by atoms with Crippen LogP contribution in [0.5, 0.6) is 0 Å². The van der Waals surface area contributed by atoms with E-state index in [1.807, 2.05) is 0 Å². The van der Waals surface area contributed by atoms with Crippen molar-refractivity contribution >= 4 is 18.4 Å². The predicted molar refractivity (Wildman–Crippen MR) is 52.9 cm³/mol. The van der Waals surface area contributed by atoms with Gasteiger partial charge in [-0.25, -0.2) is 4.39 Å². The molecule has 0 aliphatic rings. The Morgan fingerprint density at radius 1 is 1.57 bits per heavy atom. The third kappa shape index (κ3) is 2.68. The van der Waals surface area contributed by atoms with Gasteiger partial charge < -0.3 is 10.8 Å². The Morgan fingerprint density at radius 2 is 2.14 bits per heavy atom. The Labute approximate surface area is 87.1 Å². The molecule has 0 bridgehead atoms. The first-order chi connectivity index (χ1) is 6.02. The number of nitrogens with two attached hydrogens (primary N) is 1. The van der Waals surface area contributed by atoms with Crippen molar-refractivity contribution in [2.45, 2.75) is 13.0 Å². The minimum atomic E-state index is -1.12. The number of hydrogen-bond donors (Lipinski definition) is 2. The summed E-state index contributed by atoms with van der Waals surface area (Å²) >= 11 is 0. The molecule has 0 spiro atoms. The Morgan fingerprint density at radius 3 is 2.57 bits per heavy atom. The molecule has 0 aromatic heterocycles. The molecule has 3 nitrogen and oxygen atoms in total. The van der Waals surface area contributed by atoms with Gasteiger partial charge in [-0.2, -0.15) is 0 Å². The van der Waals surface area contributed by atoms with Gasteiger partial charge in [0.05, 0.1) is 0 Å². The normalized spacial score (nSPS) is 11.6. The standard InChI is InChI=1S/C9H10FNO2.ClH/c1-5-4-6(10)2-3-7(5)8(11)9(12)13;/h2-4,8H,11H2,1H3,(H,12,13);1H/t8-;/m0./s1. The predicted octanol–water partition coefficient (Wildman–Crippen LogP) is 1.64. The van der Waals surface area contributed by atoms with E-state index in [2.05, 4.69) is 0 Å². The zero-order chi connectivity index (χ0) is 10.0. The minimum absolute atomic E-state index is 0. The van der Waals surface area contributed by atoms with Crippen molar-refractivity contribution in [3.05, 3.63) is 35.1 Å². The number of rotatable bonds is 2. The lowest BCUT2D eigenvalue weighted by atomic mass is 10.0. The van der Waals surface area contributed by atoms with Crippen molar-refractivity contribution < 1.29 is 14.3 Å². The van der Waals surface area contributed by atoms with Crippen molar-refractivity contribution in [1.82, 2.24) is 0 Å². The van der Waals surface area contributed by atoms with Gasteiger partial charge in [0, 0.05) is 0 Å². The molecule has 0 saturated carbocycles. The zero-order valence-electron chi connectivity index (χ0n) is 7.53. The minimum Gasteiger partial charge on any atom is -0.480 e. The van der Waals surface area contributed by atoms with Gasteiger partial charge in [0.1, 0.15) is 11.9 Å². The fourth-order valence-electron chi connectivity index (χ4n) is 1.12. The summed E-state index contributed by atoms with van der Waals surface area (Å²) < 4.78 is 12.6. The smallest absolute Gasteiger partial charge is 0.325 e. The van der Waals surface area contributed by atoms with E-state index in [0.29, 0.717) is 11.1 Å². The maximum atomic E-state index is 12.6. The molecule has 0 saturated heterocycles. The number of carboxylic acid groups (broad SMARTS) is 1. The van der Waals surface area contributed by atoms with E-state index in [1.165, 1.54) is 18.2 Å². The van der Waals surface area contributed by atoms with Crippen LogP contribution < -0.4 is 5.73 Å². The van der Waals surface area contributed by atoms with Crippen LogP contribution in [0, 0.1) is 12.7 Å². The summed E-state index contributed by atoms with van der Waals surface area (Å²) in [6.45, 7) is 1.63. The maximum Gasteiger partial charge on any atom is 0.325 e. The van der Waals surface area contributed by atoms with E-state index in [4.69, 9.17) is 10.8 Å². The summed E-state index contributed by atoms with van der Waals surface area (Å²) in [5.74, 6) is -1.51. The van der Waals surface area contributed by atoms with Crippen LogP contribution in [-0.4, -0.2) is 11.1 Å². The summed E-state index contributed by atoms with van der Waals surface area (Å²) in [5.41, 5.74) is 6.36. The van der Waals surface area contributed by atoms with E-state index in [-0.39, 0.29) is 18.2 Å². The van der Waals surface area contributed by atoms with E-state index in [0.717, 1.165) is 0 Å². The molecule has 1 atom stereocenters. The summed E-state index contributed by atoms with van der Waals surface area (Å²) in [6.07, 6.45) is 0. The molecule has 0 radical (unpaired) electrons. The van der Waals surface area contributed by atoms with E-state index >= 15 is 0 Å². The van der Waals surface area contributed by atoms with Gasteiger partial charge in [0.15, 0.2) is 0 Å². The lowest BCUT2D eigenvalue weighted by molar-refractivity contribution is -0.138. The molecular weight excluding hydrogens is 209 g/mol. The van der Waals surface area contributed by atoms with Crippen LogP contribution in [0.4, 0.5) is 4.39 Å². The molecular formula is C9H11ClFNO2. The monoisotopic (exact) mass is 219 g/mol. The molecule has 1 aromatic carbocycles. The fraction of sp³-hybridized carbons (Fsp3) is 0.222. The van der Waals surface area contributed by atoms with Crippen molar-refractivity contribution in [3.63, 3.8) is 0 Å². The first-order valence-electron chi connectivity index (χ1n) is 3.77. The second-order valence-electron chi connectivity index (χ2n) is 2.82. The van der Waals surface area contributed by atoms with Crippen LogP contribution in [-0.2, 0) is 4.79 Å². The number of carboxylic acids is 1. The Kier molecular flexibility index (Phi) is 4.53. The number of carbonyl (C=O) groups is 1. The average Bonchev–Trinajstić information content (AvgIpc) is 2.03. The van der Waals surface area contributed by atoms with Crippen molar-refractivity contribution in [2.24, 2.45) is 5.73 Å². The van der Waals surface area contributed by atoms with Crippen LogP contribution in [0.1, 0.15) is 17.2 Å². The van der Waals surface area contributed by atoms with Gasteiger partial charge in [-0.1, -0.05) is 6.07 Å². The van der Waals surface area contributed by atoms with Crippen LogP contribution in [0.3, 0.4) is 0 Å².